The van der Waals surface area contributed by atoms with E-state index in [-0.39, 0.29) is 0 Å². The SMILES string of the molecule is C=C(C)NCCN1CCOCC1. The van der Waals surface area contributed by atoms with Crippen LogP contribution in [-0.4, -0.2) is 44.3 Å². The largest absolute Gasteiger partial charge is 0.388 e. The van der Waals surface area contributed by atoms with E-state index in [1.165, 1.54) is 0 Å². The molecular formula is C9H18N2O. The Kier molecular flexibility index (Phi) is 4.11. The first-order chi connectivity index (χ1) is 5.79. The average molecular weight is 170 g/mol. The zero-order valence-electron chi connectivity index (χ0n) is 7.81. The lowest BCUT2D eigenvalue weighted by atomic mass is 10.4. The lowest BCUT2D eigenvalue weighted by molar-refractivity contribution is 0.0387. The van der Waals surface area contributed by atoms with Gasteiger partial charge in [-0.05, 0) is 6.92 Å². The molecule has 0 unspecified atom stereocenters. The number of hydrogen-bond donors (Lipinski definition) is 1. The van der Waals surface area contributed by atoms with E-state index in [2.05, 4.69) is 16.8 Å². The molecule has 3 heteroatoms. The minimum absolute atomic E-state index is 0.882. The quantitative estimate of drug-likeness (QED) is 0.662. The summed E-state index contributed by atoms with van der Waals surface area (Å²) in [6, 6.07) is 0. The highest BCUT2D eigenvalue weighted by molar-refractivity contribution is 4.84. The highest BCUT2D eigenvalue weighted by atomic mass is 16.5. The van der Waals surface area contributed by atoms with Crippen LogP contribution < -0.4 is 5.32 Å². The Morgan fingerprint density at radius 1 is 1.50 bits per heavy atom. The molecule has 1 N–H and O–H groups in total. The molecule has 1 rings (SSSR count). The van der Waals surface area contributed by atoms with Gasteiger partial charge in [0.25, 0.3) is 0 Å². The molecule has 70 valence electrons. The Bertz CT molecular complexity index is 141. The summed E-state index contributed by atoms with van der Waals surface area (Å²) in [6.45, 7) is 11.8. The third kappa shape index (κ3) is 3.74. The average Bonchev–Trinajstić information content (AvgIpc) is 2.05. The Morgan fingerprint density at radius 3 is 2.75 bits per heavy atom. The first-order valence-corrected chi connectivity index (χ1v) is 4.48. The minimum atomic E-state index is 0.882. The van der Waals surface area contributed by atoms with Crippen molar-refractivity contribution in [2.24, 2.45) is 0 Å². The molecule has 0 aromatic heterocycles. The van der Waals surface area contributed by atoms with Gasteiger partial charge in [-0.3, -0.25) is 4.90 Å². The fourth-order valence-corrected chi connectivity index (χ4v) is 1.25. The molecule has 0 atom stereocenters. The molecule has 1 aliphatic heterocycles. The van der Waals surface area contributed by atoms with E-state index in [1.54, 1.807) is 0 Å². The molecule has 0 aromatic carbocycles. The summed E-state index contributed by atoms with van der Waals surface area (Å²) in [4.78, 5) is 2.40. The molecule has 0 aromatic rings. The number of ether oxygens (including phenoxy) is 1. The lowest BCUT2D eigenvalue weighted by Gasteiger charge is -2.26. The summed E-state index contributed by atoms with van der Waals surface area (Å²) < 4.78 is 5.25. The van der Waals surface area contributed by atoms with Crippen LogP contribution in [0.3, 0.4) is 0 Å². The Labute approximate surface area is 74.4 Å². The molecule has 0 aliphatic carbocycles. The number of nitrogens with one attached hydrogen (secondary N) is 1. The Hall–Kier alpha value is -0.540. The van der Waals surface area contributed by atoms with Crippen LogP contribution in [0.15, 0.2) is 12.3 Å². The molecule has 1 aliphatic rings. The van der Waals surface area contributed by atoms with E-state index >= 15 is 0 Å². The molecule has 0 amide bonds. The number of hydrogen-bond acceptors (Lipinski definition) is 3. The second-order valence-corrected chi connectivity index (χ2v) is 3.16. The van der Waals surface area contributed by atoms with Crippen molar-refractivity contribution < 1.29 is 4.74 Å². The van der Waals surface area contributed by atoms with Crippen molar-refractivity contribution in [2.75, 3.05) is 39.4 Å². The topological polar surface area (TPSA) is 24.5 Å². The van der Waals surface area contributed by atoms with Crippen molar-refractivity contribution in [3.63, 3.8) is 0 Å². The van der Waals surface area contributed by atoms with Crippen LogP contribution in [-0.2, 0) is 4.74 Å². The van der Waals surface area contributed by atoms with Crippen molar-refractivity contribution in [3.05, 3.63) is 12.3 Å². The highest BCUT2D eigenvalue weighted by Gasteiger charge is 2.08. The Morgan fingerprint density at radius 2 is 2.17 bits per heavy atom. The molecule has 0 radical (unpaired) electrons. The lowest BCUT2D eigenvalue weighted by Crippen LogP contribution is -2.39. The minimum Gasteiger partial charge on any atom is -0.388 e. The number of allylic oxidation sites excluding steroid dienone is 1. The van der Waals surface area contributed by atoms with Gasteiger partial charge in [0.05, 0.1) is 13.2 Å². The van der Waals surface area contributed by atoms with E-state index < -0.39 is 0 Å². The van der Waals surface area contributed by atoms with Crippen LogP contribution in [0.4, 0.5) is 0 Å². The Balaban J connectivity index is 2.01. The molecule has 1 heterocycles. The van der Waals surface area contributed by atoms with Crippen molar-refractivity contribution >= 4 is 0 Å². The van der Waals surface area contributed by atoms with Crippen LogP contribution >= 0.6 is 0 Å². The van der Waals surface area contributed by atoms with Gasteiger partial charge >= 0.3 is 0 Å². The van der Waals surface area contributed by atoms with Crippen molar-refractivity contribution in [1.29, 1.82) is 0 Å². The fourth-order valence-electron chi connectivity index (χ4n) is 1.25. The highest BCUT2D eigenvalue weighted by Crippen LogP contribution is 1.94. The predicted octanol–water partition coefficient (Wildman–Crippen LogP) is 0.442. The van der Waals surface area contributed by atoms with Crippen molar-refractivity contribution in [2.45, 2.75) is 6.92 Å². The van der Waals surface area contributed by atoms with Gasteiger partial charge in [0.2, 0.25) is 0 Å². The van der Waals surface area contributed by atoms with E-state index in [1.807, 2.05) is 6.92 Å². The van der Waals surface area contributed by atoms with E-state index in [9.17, 15) is 0 Å². The number of nitrogens with zero attached hydrogens (tertiary/aromatic N) is 1. The zero-order chi connectivity index (χ0) is 8.81. The monoisotopic (exact) mass is 170 g/mol. The van der Waals surface area contributed by atoms with Crippen LogP contribution in [0.2, 0.25) is 0 Å². The van der Waals surface area contributed by atoms with Crippen LogP contribution in [0.25, 0.3) is 0 Å². The van der Waals surface area contributed by atoms with Gasteiger partial charge in [-0.1, -0.05) is 6.58 Å². The number of morpholine rings is 1. The van der Waals surface area contributed by atoms with E-state index in [0.717, 1.165) is 45.1 Å². The van der Waals surface area contributed by atoms with Crippen LogP contribution in [0.1, 0.15) is 6.92 Å². The van der Waals surface area contributed by atoms with Crippen LogP contribution in [0.5, 0.6) is 0 Å². The molecule has 0 saturated carbocycles. The normalized spacial score (nSPS) is 19.1. The second kappa shape index (κ2) is 5.17. The first-order valence-electron chi connectivity index (χ1n) is 4.48. The fraction of sp³-hybridized carbons (Fsp3) is 0.778. The van der Waals surface area contributed by atoms with E-state index in [0.29, 0.717) is 0 Å². The predicted molar refractivity (Wildman–Crippen MR) is 50.1 cm³/mol. The summed E-state index contributed by atoms with van der Waals surface area (Å²) in [5, 5.41) is 3.22. The zero-order valence-corrected chi connectivity index (χ0v) is 7.81. The van der Waals surface area contributed by atoms with Gasteiger partial charge in [-0.15, -0.1) is 0 Å². The maximum atomic E-state index is 5.25. The molecule has 0 bridgehead atoms. The molecule has 1 fully saturated rings. The molecule has 3 nitrogen and oxygen atoms in total. The maximum Gasteiger partial charge on any atom is 0.0594 e. The van der Waals surface area contributed by atoms with E-state index in [4.69, 9.17) is 4.74 Å². The summed E-state index contributed by atoms with van der Waals surface area (Å²) in [7, 11) is 0. The number of rotatable bonds is 4. The van der Waals surface area contributed by atoms with Gasteiger partial charge in [0.1, 0.15) is 0 Å². The van der Waals surface area contributed by atoms with Gasteiger partial charge < -0.3 is 10.1 Å². The molecule has 0 spiro atoms. The van der Waals surface area contributed by atoms with Gasteiger partial charge in [0, 0.05) is 31.9 Å². The molecule has 1 saturated heterocycles. The second-order valence-electron chi connectivity index (χ2n) is 3.16. The summed E-state index contributed by atoms with van der Waals surface area (Å²) in [6.07, 6.45) is 0. The molecular weight excluding hydrogens is 152 g/mol. The summed E-state index contributed by atoms with van der Waals surface area (Å²) in [5.41, 5.74) is 1.04. The third-order valence-electron chi connectivity index (χ3n) is 1.96. The van der Waals surface area contributed by atoms with Gasteiger partial charge in [-0.2, -0.15) is 0 Å². The van der Waals surface area contributed by atoms with Gasteiger partial charge in [0.15, 0.2) is 0 Å². The maximum absolute atomic E-state index is 5.25. The van der Waals surface area contributed by atoms with Crippen molar-refractivity contribution in [3.8, 4) is 0 Å². The summed E-state index contributed by atoms with van der Waals surface area (Å²) in [5.74, 6) is 0. The third-order valence-corrected chi connectivity index (χ3v) is 1.96. The van der Waals surface area contributed by atoms with Crippen molar-refractivity contribution in [1.82, 2.24) is 10.2 Å². The van der Waals surface area contributed by atoms with Crippen LogP contribution in [0, 0.1) is 0 Å². The molecule has 12 heavy (non-hydrogen) atoms. The first kappa shape index (κ1) is 9.55. The standard InChI is InChI=1S/C9H18N2O/c1-9(2)10-3-4-11-5-7-12-8-6-11/h10H,1,3-8H2,2H3. The smallest absolute Gasteiger partial charge is 0.0594 e. The van der Waals surface area contributed by atoms with Gasteiger partial charge in [-0.25, -0.2) is 0 Å². The summed E-state index contributed by atoms with van der Waals surface area (Å²) >= 11 is 0.